The van der Waals surface area contributed by atoms with Crippen LogP contribution in [-0.2, 0) is 9.59 Å². The molecule has 0 aliphatic carbocycles. The van der Waals surface area contributed by atoms with Gasteiger partial charge in [-0.2, -0.15) is 11.8 Å². The molecule has 100 valence electrons. The van der Waals surface area contributed by atoms with Crippen LogP contribution in [0.1, 0.15) is 25.7 Å². The molecule has 0 radical (unpaired) electrons. The summed E-state index contributed by atoms with van der Waals surface area (Å²) in [7, 11) is 0. The molecule has 4 N–H and O–H groups in total. The fourth-order valence-electron chi connectivity index (χ4n) is 1.27. The van der Waals surface area contributed by atoms with Crippen molar-refractivity contribution < 1.29 is 9.59 Å². The normalized spacial score (nSPS) is 10.0. The molecular weight excluding hydrogens is 238 g/mol. The van der Waals surface area contributed by atoms with Gasteiger partial charge in [0.15, 0.2) is 0 Å². The standard InChI is InChI=1S/C11H23N3O2S/c1-17-7-5-3-2-4-6-13-11(16)9-14-10(15)8-12/h2-9,12H2,1H3,(H,13,16)(H,14,15). The number of thioether (sulfide) groups is 1. The van der Waals surface area contributed by atoms with E-state index in [4.69, 9.17) is 5.73 Å². The minimum Gasteiger partial charge on any atom is -0.355 e. The summed E-state index contributed by atoms with van der Waals surface area (Å²) < 4.78 is 0. The first-order valence-electron chi connectivity index (χ1n) is 5.93. The highest BCUT2D eigenvalue weighted by Crippen LogP contribution is 2.03. The minimum absolute atomic E-state index is 0.0164. The third-order valence-corrected chi connectivity index (χ3v) is 2.93. The molecule has 0 bridgehead atoms. The lowest BCUT2D eigenvalue weighted by atomic mass is 10.2. The molecule has 6 heteroatoms. The highest BCUT2D eigenvalue weighted by molar-refractivity contribution is 7.98. The lowest BCUT2D eigenvalue weighted by Crippen LogP contribution is -2.39. The number of carbonyl (C=O) groups excluding carboxylic acids is 2. The van der Waals surface area contributed by atoms with Crippen LogP contribution < -0.4 is 16.4 Å². The van der Waals surface area contributed by atoms with E-state index < -0.39 is 0 Å². The van der Waals surface area contributed by atoms with E-state index in [0.29, 0.717) is 6.54 Å². The van der Waals surface area contributed by atoms with Gasteiger partial charge >= 0.3 is 0 Å². The fraction of sp³-hybridized carbons (Fsp3) is 0.818. The molecule has 0 heterocycles. The van der Waals surface area contributed by atoms with Gasteiger partial charge in [-0.15, -0.1) is 0 Å². The number of nitrogens with one attached hydrogen (secondary N) is 2. The van der Waals surface area contributed by atoms with Crippen LogP contribution in [0.3, 0.4) is 0 Å². The number of carbonyl (C=O) groups is 2. The number of amides is 2. The van der Waals surface area contributed by atoms with E-state index in [9.17, 15) is 9.59 Å². The maximum atomic E-state index is 11.2. The lowest BCUT2D eigenvalue weighted by Gasteiger charge is -2.06. The largest absolute Gasteiger partial charge is 0.355 e. The maximum absolute atomic E-state index is 11.2. The Hall–Kier alpha value is -0.750. The van der Waals surface area contributed by atoms with Crippen LogP contribution in [0.5, 0.6) is 0 Å². The highest BCUT2D eigenvalue weighted by atomic mass is 32.2. The van der Waals surface area contributed by atoms with Gasteiger partial charge in [-0.05, 0) is 24.9 Å². The molecule has 0 spiro atoms. The van der Waals surface area contributed by atoms with E-state index in [2.05, 4.69) is 16.9 Å². The number of hydrogen-bond acceptors (Lipinski definition) is 4. The first-order valence-corrected chi connectivity index (χ1v) is 7.32. The topological polar surface area (TPSA) is 84.2 Å². The Labute approximate surface area is 107 Å². The zero-order valence-electron chi connectivity index (χ0n) is 10.5. The first-order chi connectivity index (χ1) is 8.20. The maximum Gasteiger partial charge on any atom is 0.239 e. The van der Waals surface area contributed by atoms with Gasteiger partial charge in [0.2, 0.25) is 11.8 Å². The molecule has 0 saturated heterocycles. The zero-order valence-corrected chi connectivity index (χ0v) is 11.3. The van der Waals surface area contributed by atoms with Crippen molar-refractivity contribution >= 4 is 23.6 Å². The Morgan fingerprint density at radius 3 is 2.41 bits per heavy atom. The minimum atomic E-state index is -0.308. The van der Waals surface area contributed by atoms with Crippen LogP contribution in [0.15, 0.2) is 0 Å². The van der Waals surface area contributed by atoms with Crippen molar-refractivity contribution in [3.05, 3.63) is 0 Å². The third kappa shape index (κ3) is 11.5. The zero-order chi connectivity index (χ0) is 12.9. The summed E-state index contributed by atoms with van der Waals surface area (Å²) in [6, 6.07) is 0. The van der Waals surface area contributed by atoms with E-state index in [0.717, 1.165) is 12.8 Å². The van der Waals surface area contributed by atoms with Crippen molar-refractivity contribution in [2.24, 2.45) is 5.73 Å². The van der Waals surface area contributed by atoms with Crippen LogP contribution in [0.25, 0.3) is 0 Å². The summed E-state index contributed by atoms with van der Waals surface area (Å²) in [5.41, 5.74) is 5.09. The highest BCUT2D eigenvalue weighted by Gasteiger charge is 2.02. The molecule has 0 aromatic carbocycles. The summed E-state index contributed by atoms with van der Waals surface area (Å²) in [4.78, 5) is 22.0. The van der Waals surface area contributed by atoms with Crippen molar-refractivity contribution in [3.63, 3.8) is 0 Å². The van der Waals surface area contributed by atoms with Crippen molar-refractivity contribution in [2.45, 2.75) is 25.7 Å². The molecular formula is C11H23N3O2S. The van der Waals surface area contributed by atoms with E-state index in [1.807, 2.05) is 11.8 Å². The van der Waals surface area contributed by atoms with Crippen molar-refractivity contribution in [1.82, 2.24) is 10.6 Å². The number of unbranched alkanes of at least 4 members (excludes halogenated alkanes) is 3. The summed E-state index contributed by atoms with van der Waals surface area (Å²) in [6.45, 7) is 0.613. The molecule has 0 saturated carbocycles. The van der Waals surface area contributed by atoms with E-state index >= 15 is 0 Å². The molecule has 0 unspecified atom stereocenters. The first kappa shape index (κ1) is 16.2. The Kier molecular flexibility index (Phi) is 11.2. The molecule has 2 amide bonds. The predicted molar refractivity (Wildman–Crippen MR) is 71.9 cm³/mol. The molecule has 5 nitrogen and oxygen atoms in total. The molecule has 0 atom stereocenters. The van der Waals surface area contributed by atoms with Crippen LogP contribution in [0, 0.1) is 0 Å². The molecule has 0 rings (SSSR count). The monoisotopic (exact) mass is 261 g/mol. The molecule has 0 aromatic heterocycles. The Balaban J connectivity index is 3.25. The van der Waals surface area contributed by atoms with E-state index in [1.54, 1.807) is 0 Å². The molecule has 0 aliphatic rings. The second kappa shape index (κ2) is 11.7. The van der Waals surface area contributed by atoms with Gasteiger partial charge in [-0.25, -0.2) is 0 Å². The fourth-order valence-corrected chi connectivity index (χ4v) is 1.76. The van der Waals surface area contributed by atoms with Crippen LogP contribution in [0.4, 0.5) is 0 Å². The van der Waals surface area contributed by atoms with Crippen molar-refractivity contribution in [2.75, 3.05) is 31.6 Å². The van der Waals surface area contributed by atoms with Crippen molar-refractivity contribution in [3.8, 4) is 0 Å². The number of nitrogens with two attached hydrogens (primary N) is 1. The van der Waals surface area contributed by atoms with Gasteiger partial charge in [-0.3, -0.25) is 9.59 Å². The third-order valence-electron chi connectivity index (χ3n) is 2.23. The Morgan fingerprint density at radius 1 is 1.06 bits per heavy atom. The summed E-state index contributed by atoms with van der Waals surface area (Å²) in [5.74, 6) is 0.741. The van der Waals surface area contributed by atoms with E-state index in [-0.39, 0.29) is 24.9 Å². The van der Waals surface area contributed by atoms with Gasteiger partial charge in [0, 0.05) is 6.54 Å². The Morgan fingerprint density at radius 2 is 1.76 bits per heavy atom. The van der Waals surface area contributed by atoms with Crippen LogP contribution in [-0.4, -0.2) is 43.5 Å². The second-order valence-corrected chi connectivity index (χ2v) is 4.72. The smallest absolute Gasteiger partial charge is 0.239 e. The Bertz CT molecular complexity index is 225. The molecule has 0 fully saturated rings. The van der Waals surface area contributed by atoms with Crippen molar-refractivity contribution in [1.29, 1.82) is 0 Å². The average Bonchev–Trinajstić information content (AvgIpc) is 2.34. The van der Waals surface area contributed by atoms with Crippen LogP contribution in [0.2, 0.25) is 0 Å². The van der Waals surface area contributed by atoms with Crippen LogP contribution >= 0.6 is 11.8 Å². The SMILES string of the molecule is CSCCCCCCNC(=O)CNC(=O)CN. The van der Waals surface area contributed by atoms with Gasteiger partial charge < -0.3 is 16.4 Å². The van der Waals surface area contributed by atoms with Gasteiger partial charge in [-0.1, -0.05) is 12.8 Å². The molecule has 0 aromatic rings. The average molecular weight is 261 g/mol. The van der Waals surface area contributed by atoms with Gasteiger partial charge in [0.1, 0.15) is 0 Å². The number of rotatable bonds is 10. The molecule has 17 heavy (non-hydrogen) atoms. The summed E-state index contributed by atoms with van der Waals surface area (Å²) in [5, 5.41) is 5.18. The number of hydrogen-bond donors (Lipinski definition) is 3. The second-order valence-electron chi connectivity index (χ2n) is 3.74. The summed E-state index contributed by atoms with van der Waals surface area (Å²) in [6.07, 6.45) is 6.68. The summed E-state index contributed by atoms with van der Waals surface area (Å²) >= 11 is 1.86. The van der Waals surface area contributed by atoms with Gasteiger partial charge in [0.25, 0.3) is 0 Å². The molecule has 0 aliphatic heterocycles. The quantitative estimate of drug-likeness (QED) is 0.487. The predicted octanol–water partition coefficient (Wildman–Crippen LogP) is 0.101. The van der Waals surface area contributed by atoms with E-state index in [1.165, 1.54) is 18.6 Å². The lowest BCUT2D eigenvalue weighted by molar-refractivity contribution is -0.125. The van der Waals surface area contributed by atoms with Gasteiger partial charge in [0.05, 0.1) is 13.1 Å².